The van der Waals surface area contributed by atoms with Crippen LogP contribution in [0, 0.1) is 6.92 Å². The summed E-state index contributed by atoms with van der Waals surface area (Å²) in [6.45, 7) is 3.25. The molecule has 2 heterocycles. The zero-order valence-electron chi connectivity index (χ0n) is 15.5. The molecule has 0 spiro atoms. The molecular weight excluding hydrogens is 354 g/mol. The number of aryl methyl sites for hydroxylation is 1. The number of aromatic nitrogens is 2. The summed E-state index contributed by atoms with van der Waals surface area (Å²) in [5.74, 6) is 0.331. The molecule has 28 heavy (non-hydrogen) atoms. The maximum atomic E-state index is 12.5. The highest BCUT2D eigenvalue weighted by Crippen LogP contribution is 2.27. The van der Waals surface area contributed by atoms with Gasteiger partial charge < -0.3 is 15.5 Å². The van der Waals surface area contributed by atoms with Crippen molar-refractivity contribution in [2.24, 2.45) is 0 Å². The van der Waals surface area contributed by atoms with Crippen molar-refractivity contribution in [3.8, 4) is 0 Å². The fraction of sp³-hybridized carbons (Fsp3) is 0.190. The van der Waals surface area contributed by atoms with Gasteiger partial charge >= 0.3 is 6.03 Å². The van der Waals surface area contributed by atoms with Crippen molar-refractivity contribution >= 4 is 17.8 Å². The quantitative estimate of drug-likeness (QED) is 0.654. The molecule has 7 heteroatoms. The molecule has 0 bridgehead atoms. The number of hydrogen-bond donors (Lipinski definition) is 3. The molecule has 3 N–H and O–H groups in total. The van der Waals surface area contributed by atoms with Crippen molar-refractivity contribution in [3.05, 3.63) is 82.5 Å². The van der Waals surface area contributed by atoms with Gasteiger partial charge in [-0.25, -0.2) is 4.79 Å². The zero-order valence-corrected chi connectivity index (χ0v) is 15.5. The van der Waals surface area contributed by atoms with Gasteiger partial charge in [0.2, 0.25) is 0 Å². The summed E-state index contributed by atoms with van der Waals surface area (Å²) in [5.41, 5.74) is 4.32. The monoisotopic (exact) mass is 375 g/mol. The number of hydrogen-bond acceptors (Lipinski definition) is 3. The molecule has 3 aromatic rings. The first kappa shape index (κ1) is 17.8. The predicted molar refractivity (Wildman–Crippen MR) is 106 cm³/mol. The van der Waals surface area contributed by atoms with E-state index in [1.54, 1.807) is 17.0 Å². The standard InChI is InChI=1S/C21H21N5O2/c1-14-7-9-16(10-8-14)20(27)23-19-17-12-26(13-18(17)24-25-19)21(28)22-11-15-5-3-2-4-6-15/h2-10H,11-13H2,1H3,(H,22,28)(H2,23,24,25,27). The van der Waals surface area contributed by atoms with E-state index in [0.29, 0.717) is 31.0 Å². The van der Waals surface area contributed by atoms with Crippen molar-refractivity contribution in [3.63, 3.8) is 0 Å². The van der Waals surface area contributed by atoms with Gasteiger partial charge in [0.15, 0.2) is 0 Å². The SMILES string of the molecule is Cc1ccc(C(=O)Nc2[nH]nc3c2CN(C(=O)NCc2ccccc2)C3)cc1. The largest absolute Gasteiger partial charge is 0.334 e. The van der Waals surface area contributed by atoms with Crippen LogP contribution < -0.4 is 10.6 Å². The number of carbonyl (C=O) groups excluding carboxylic acids is 2. The van der Waals surface area contributed by atoms with E-state index in [0.717, 1.165) is 22.4 Å². The minimum Gasteiger partial charge on any atom is -0.334 e. The number of aromatic amines is 1. The van der Waals surface area contributed by atoms with Crippen LogP contribution >= 0.6 is 0 Å². The highest BCUT2D eigenvalue weighted by Gasteiger charge is 2.29. The number of anilines is 1. The normalized spacial score (nSPS) is 12.5. The first-order chi connectivity index (χ1) is 13.6. The number of urea groups is 1. The average Bonchev–Trinajstić information content (AvgIpc) is 3.29. The minimum absolute atomic E-state index is 0.155. The first-order valence-electron chi connectivity index (χ1n) is 9.11. The van der Waals surface area contributed by atoms with Crippen LogP contribution in [0.4, 0.5) is 10.6 Å². The number of nitrogens with one attached hydrogen (secondary N) is 3. The van der Waals surface area contributed by atoms with E-state index in [-0.39, 0.29) is 11.9 Å². The van der Waals surface area contributed by atoms with E-state index in [9.17, 15) is 9.59 Å². The van der Waals surface area contributed by atoms with Gasteiger partial charge in [0.1, 0.15) is 5.82 Å². The summed E-state index contributed by atoms with van der Waals surface area (Å²) in [4.78, 5) is 26.6. The molecule has 3 amide bonds. The molecule has 0 saturated heterocycles. The number of carbonyl (C=O) groups is 2. The third kappa shape index (κ3) is 3.73. The van der Waals surface area contributed by atoms with Crippen molar-refractivity contribution in [1.82, 2.24) is 20.4 Å². The molecule has 4 rings (SSSR count). The number of amides is 3. The van der Waals surface area contributed by atoms with Crippen LogP contribution in [0.15, 0.2) is 54.6 Å². The van der Waals surface area contributed by atoms with Crippen LogP contribution in [0.5, 0.6) is 0 Å². The number of H-pyrrole nitrogens is 1. The summed E-state index contributed by atoms with van der Waals surface area (Å²) in [6.07, 6.45) is 0. The van der Waals surface area contributed by atoms with Crippen LogP contribution in [0.3, 0.4) is 0 Å². The Morgan fingerprint density at radius 3 is 2.57 bits per heavy atom. The lowest BCUT2D eigenvalue weighted by molar-refractivity contribution is 0.102. The lowest BCUT2D eigenvalue weighted by Gasteiger charge is -2.17. The Morgan fingerprint density at radius 2 is 1.82 bits per heavy atom. The molecule has 2 aromatic carbocycles. The summed E-state index contributed by atoms with van der Waals surface area (Å²) in [5, 5.41) is 12.9. The molecule has 1 aliphatic rings. The van der Waals surface area contributed by atoms with Crippen molar-refractivity contribution < 1.29 is 9.59 Å². The van der Waals surface area contributed by atoms with Gasteiger partial charge in [-0.3, -0.25) is 9.89 Å². The first-order valence-corrected chi connectivity index (χ1v) is 9.11. The van der Waals surface area contributed by atoms with E-state index >= 15 is 0 Å². The molecular formula is C21H21N5O2. The Balaban J connectivity index is 1.38. The summed E-state index contributed by atoms with van der Waals surface area (Å²) >= 11 is 0. The Bertz CT molecular complexity index is 995. The maximum absolute atomic E-state index is 12.5. The summed E-state index contributed by atoms with van der Waals surface area (Å²) < 4.78 is 0. The highest BCUT2D eigenvalue weighted by molar-refractivity contribution is 6.04. The molecule has 0 atom stereocenters. The van der Waals surface area contributed by atoms with E-state index in [4.69, 9.17) is 0 Å². The van der Waals surface area contributed by atoms with Gasteiger partial charge in [0.25, 0.3) is 5.91 Å². The van der Waals surface area contributed by atoms with E-state index in [2.05, 4.69) is 20.8 Å². The van der Waals surface area contributed by atoms with Crippen LogP contribution in [0.25, 0.3) is 0 Å². The topological polar surface area (TPSA) is 90.1 Å². The second-order valence-corrected chi connectivity index (χ2v) is 6.84. The molecule has 0 radical (unpaired) electrons. The van der Waals surface area contributed by atoms with Gasteiger partial charge in [0.05, 0.1) is 18.8 Å². The Labute approximate surface area is 162 Å². The van der Waals surface area contributed by atoms with Crippen LogP contribution in [-0.2, 0) is 19.6 Å². The van der Waals surface area contributed by atoms with Crippen molar-refractivity contribution in [1.29, 1.82) is 0 Å². The van der Waals surface area contributed by atoms with Crippen LogP contribution in [0.1, 0.15) is 32.7 Å². The van der Waals surface area contributed by atoms with Gasteiger partial charge in [-0.05, 0) is 24.6 Å². The summed E-state index contributed by atoms with van der Waals surface area (Å²) in [6, 6.07) is 17.0. The maximum Gasteiger partial charge on any atom is 0.318 e. The van der Waals surface area contributed by atoms with Gasteiger partial charge in [-0.15, -0.1) is 0 Å². The number of rotatable bonds is 4. The van der Waals surface area contributed by atoms with Crippen molar-refractivity contribution in [2.45, 2.75) is 26.6 Å². The fourth-order valence-electron chi connectivity index (χ4n) is 3.15. The minimum atomic E-state index is -0.210. The van der Waals surface area contributed by atoms with Crippen LogP contribution in [0.2, 0.25) is 0 Å². The number of nitrogens with zero attached hydrogens (tertiary/aromatic N) is 2. The van der Waals surface area contributed by atoms with Gasteiger partial charge in [-0.2, -0.15) is 5.10 Å². The molecule has 0 aliphatic carbocycles. The molecule has 7 nitrogen and oxygen atoms in total. The van der Waals surface area contributed by atoms with Gasteiger partial charge in [0, 0.05) is 17.7 Å². The lowest BCUT2D eigenvalue weighted by atomic mass is 10.1. The number of benzene rings is 2. The van der Waals surface area contributed by atoms with Gasteiger partial charge in [-0.1, -0.05) is 48.0 Å². The second kappa shape index (κ2) is 7.56. The van der Waals surface area contributed by atoms with E-state index in [1.807, 2.05) is 49.4 Å². The highest BCUT2D eigenvalue weighted by atomic mass is 16.2. The fourth-order valence-corrected chi connectivity index (χ4v) is 3.15. The van der Waals surface area contributed by atoms with E-state index in [1.165, 1.54) is 0 Å². The molecule has 0 saturated carbocycles. The zero-order chi connectivity index (χ0) is 19.5. The molecule has 0 fully saturated rings. The predicted octanol–water partition coefficient (Wildman–Crippen LogP) is 3.20. The Hall–Kier alpha value is -3.61. The lowest BCUT2D eigenvalue weighted by Crippen LogP contribution is -2.36. The average molecular weight is 375 g/mol. The summed E-state index contributed by atoms with van der Waals surface area (Å²) in [7, 11) is 0. The molecule has 0 unspecified atom stereocenters. The second-order valence-electron chi connectivity index (χ2n) is 6.84. The Morgan fingerprint density at radius 1 is 1.07 bits per heavy atom. The van der Waals surface area contributed by atoms with Crippen molar-refractivity contribution in [2.75, 3.05) is 5.32 Å². The Kier molecular flexibility index (Phi) is 4.80. The smallest absolute Gasteiger partial charge is 0.318 e. The molecule has 142 valence electrons. The number of fused-ring (bicyclic) bond motifs is 1. The van der Waals surface area contributed by atoms with E-state index < -0.39 is 0 Å². The molecule has 1 aromatic heterocycles. The third-order valence-corrected chi connectivity index (χ3v) is 4.77. The molecule has 1 aliphatic heterocycles. The van der Waals surface area contributed by atoms with Crippen LogP contribution in [-0.4, -0.2) is 27.0 Å². The third-order valence-electron chi connectivity index (χ3n) is 4.77.